The van der Waals surface area contributed by atoms with Gasteiger partial charge >= 0.3 is 0 Å². The summed E-state index contributed by atoms with van der Waals surface area (Å²) in [5.74, 6) is 0.960. The molecule has 0 radical (unpaired) electrons. The molecule has 0 saturated carbocycles. The van der Waals surface area contributed by atoms with Crippen molar-refractivity contribution in [2.24, 2.45) is 0 Å². The average Bonchev–Trinajstić information content (AvgIpc) is 2.94. The first-order valence-corrected chi connectivity index (χ1v) is 7.20. The highest BCUT2D eigenvalue weighted by Crippen LogP contribution is 2.32. The van der Waals surface area contributed by atoms with Crippen LogP contribution in [0.25, 0.3) is 0 Å². The number of likely N-dealkylation sites (N-methyl/N-ethyl adjacent to an activating group) is 1. The number of aryl methyl sites for hydroxylation is 1. The maximum Gasteiger partial charge on any atom is 0.134 e. The summed E-state index contributed by atoms with van der Waals surface area (Å²) in [6.07, 6.45) is 0.901. The molecular formula is C12H16N2OS2. The van der Waals surface area contributed by atoms with E-state index in [-0.39, 0.29) is 6.04 Å². The van der Waals surface area contributed by atoms with Crippen LogP contribution < -0.4 is 10.1 Å². The molecule has 1 atom stereocenters. The molecule has 0 aromatic carbocycles. The van der Waals surface area contributed by atoms with E-state index in [2.05, 4.69) is 21.1 Å². The van der Waals surface area contributed by atoms with E-state index in [1.54, 1.807) is 29.8 Å². The molecule has 92 valence electrons. The quantitative estimate of drug-likeness (QED) is 0.905. The van der Waals surface area contributed by atoms with Gasteiger partial charge in [0.05, 0.1) is 28.7 Å². The number of hydrogen-bond acceptors (Lipinski definition) is 5. The lowest BCUT2D eigenvalue weighted by atomic mass is 10.1. The minimum Gasteiger partial charge on any atom is -0.496 e. The Morgan fingerprint density at radius 1 is 1.47 bits per heavy atom. The SMILES string of the molecule is CNC(Cc1csc(C)n1)c1sccc1OC. The second kappa shape index (κ2) is 5.62. The van der Waals surface area contributed by atoms with Crippen LogP contribution in [-0.2, 0) is 6.42 Å². The van der Waals surface area contributed by atoms with Crippen molar-refractivity contribution in [3.63, 3.8) is 0 Å². The molecule has 0 fully saturated rings. The Kier molecular flexibility index (Phi) is 4.15. The predicted molar refractivity (Wildman–Crippen MR) is 73.2 cm³/mol. The van der Waals surface area contributed by atoms with Crippen molar-refractivity contribution in [2.45, 2.75) is 19.4 Å². The van der Waals surface area contributed by atoms with E-state index in [0.717, 1.165) is 22.9 Å². The van der Waals surface area contributed by atoms with Gasteiger partial charge < -0.3 is 10.1 Å². The van der Waals surface area contributed by atoms with Crippen molar-refractivity contribution in [3.8, 4) is 5.75 Å². The topological polar surface area (TPSA) is 34.2 Å². The van der Waals surface area contributed by atoms with Gasteiger partial charge in [0.2, 0.25) is 0 Å². The highest BCUT2D eigenvalue weighted by atomic mass is 32.1. The number of thiazole rings is 1. The van der Waals surface area contributed by atoms with Crippen LogP contribution in [0.15, 0.2) is 16.8 Å². The zero-order valence-corrected chi connectivity index (χ0v) is 11.8. The number of hydrogen-bond donors (Lipinski definition) is 1. The third kappa shape index (κ3) is 2.86. The van der Waals surface area contributed by atoms with Crippen molar-refractivity contribution in [3.05, 3.63) is 32.4 Å². The molecule has 0 aliphatic rings. The summed E-state index contributed by atoms with van der Waals surface area (Å²) in [6.45, 7) is 2.04. The van der Waals surface area contributed by atoms with Crippen molar-refractivity contribution in [1.29, 1.82) is 0 Å². The molecule has 2 rings (SSSR count). The standard InChI is InChI=1S/C12H16N2OS2/c1-8-14-9(7-17-8)6-10(13-2)12-11(15-3)4-5-16-12/h4-5,7,10,13H,6H2,1-3H3. The van der Waals surface area contributed by atoms with E-state index >= 15 is 0 Å². The van der Waals surface area contributed by atoms with E-state index in [1.807, 2.05) is 20.0 Å². The summed E-state index contributed by atoms with van der Waals surface area (Å²) in [4.78, 5) is 5.74. The molecule has 0 bridgehead atoms. The van der Waals surface area contributed by atoms with Gasteiger partial charge in [0.25, 0.3) is 0 Å². The van der Waals surface area contributed by atoms with E-state index in [0.29, 0.717) is 0 Å². The third-order valence-electron chi connectivity index (χ3n) is 2.62. The summed E-state index contributed by atoms with van der Waals surface area (Å²) >= 11 is 3.42. The summed E-state index contributed by atoms with van der Waals surface area (Å²) in [5, 5.41) is 8.64. The first-order valence-electron chi connectivity index (χ1n) is 5.44. The zero-order chi connectivity index (χ0) is 12.3. The van der Waals surface area contributed by atoms with Crippen LogP contribution in [0, 0.1) is 6.92 Å². The zero-order valence-electron chi connectivity index (χ0n) is 10.2. The molecule has 0 aliphatic heterocycles. The fraction of sp³-hybridized carbons (Fsp3) is 0.417. The Morgan fingerprint density at radius 2 is 2.29 bits per heavy atom. The smallest absolute Gasteiger partial charge is 0.134 e. The van der Waals surface area contributed by atoms with Gasteiger partial charge in [-0.3, -0.25) is 0 Å². The van der Waals surface area contributed by atoms with Crippen LogP contribution in [0.3, 0.4) is 0 Å². The van der Waals surface area contributed by atoms with Crippen LogP contribution >= 0.6 is 22.7 Å². The highest BCUT2D eigenvalue weighted by Gasteiger charge is 2.17. The number of rotatable bonds is 5. The third-order valence-corrected chi connectivity index (χ3v) is 4.46. The molecule has 0 saturated heterocycles. The van der Waals surface area contributed by atoms with Crippen molar-refractivity contribution >= 4 is 22.7 Å². The van der Waals surface area contributed by atoms with Crippen LogP contribution in [-0.4, -0.2) is 19.1 Å². The van der Waals surface area contributed by atoms with E-state index in [9.17, 15) is 0 Å². The molecule has 2 heterocycles. The molecule has 0 aliphatic carbocycles. The number of aromatic nitrogens is 1. The monoisotopic (exact) mass is 268 g/mol. The van der Waals surface area contributed by atoms with E-state index in [4.69, 9.17) is 4.74 Å². The van der Waals surface area contributed by atoms with Gasteiger partial charge in [-0.15, -0.1) is 22.7 Å². The van der Waals surface area contributed by atoms with Crippen molar-refractivity contribution in [2.75, 3.05) is 14.2 Å². The van der Waals surface area contributed by atoms with Gasteiger partial charge in [-0.25, -0.2) is 4.98 Å². The molecule has 0 amide bonds. The molecule has 0 spiro atoms. The Labute approximate surface area is 109 Å². The number of methoxy groups -OCH3 is 1. The molecule has 5 heteroatoms. The molecule has 1 unspecified atom stereocenters. The van der Waals surface area contributed by atoms with Gasteiger partial charge in [-0.2, -0.15) is 0 Å². The minimum atomic E-state index is 0.270. The Morgan fingerprint density at radius 3 is 2.88 bits per heavy atom. The number of thiophene rings is 1. The van der Waals surface area contributed by atoms with Gasteiger partial charge in [-0.05, 0) is 25.4 Å². The molecule has 3 nitrogen and oxygen atoms in total. The summed E-state index contributed by atoms with van der Waals surface area (Å²) < 4.78 is 5.36. The molecule has 17 heavy (non-hydrogen) atoms. The lowest BCUT2D eigenvalue weighted by molar-refractivity contribution is 0.405. The molecule has 2 aromatic heterocycles. The van der Waals surface area contributed by atoms with Crippen LogP contribution in [0.5, 0.6) is 5.75 Å². The van der Waals surface area contributed by atoms with E-state index in [1.165, 1.54) is 4.88 Å². The second-order valence-electron chi connectivity index (χ2n) is 3.76. The Balaban J connectivity index is 2.16. The predicted octanol–water partition coefficient (Wildman–Crippen LogP) is 3.02. The summed E-state index contributed by atoms with van der Waals surface area (Å²) in [6, 6.07) is 2.28. The fourth-order valence-corrected chi connectivity index (χ4v) is 3.37. The Bertz CT molecular complexity index is 478. The highest BCUT2D eigenvalue weighted by molar-refractivity contribution is 7.10. The molecular weight excluding hydrogens is 252 g/mol. The number of nitrogens with zero attached hydrogens (tertiary/aromatic N) is 1. The van der Waals surface area contributed by atoms with E-state index < -0.39 is 0 Å². The fourth-order valence-electron chi connectivity index (χ4n) is 1.77. The molecule has 2 aromatic rings. The summed E-state index contributed by atoms with van der Waals surface area (Å²) in [7, 11) is 3.69. The maximum atomic E-state index is 5.36. The van der Waals surface area contributed by atoms with Crippen molar-refractivity contribution in [1.82, 2.24) is 10.3 Å². The normalized spacial score (nSPS) is 12.6. The lowest BCUT2D eigenvalue weighted by Gasteiger charge is -2.14. The maximum absolute atomic E-state index is 5.36. The lowest BCUT2D eigenvalue weighted by Crippen LogP contribution is -2.18. The number of nitrogens with one attached hydrogen (secondary N) is 1. The van der Waals surface area contributed by atoms with Gasteiger partial charge in [-0.1, -0.05) is 0 Å². The van der Waals surface area contributed by atoms with Gasteiger partial charge in [0.1, 0.15) is 5.75 Å². The van der Waals surface area contributed by atoms with Crippen LogP contribution in [0.1, 0.15) is 21.6 Å². The van der Waals surface area contributed by atoms with Crippen LogP contribution in [0.2, 0.25) is 0 Å². The Hall–Kier alpha value is -0.910. The first kappa shape index (κ1) is 12.5. The number of ether oxygens (including phenoxy) is 1. The largest absolute Gasteiger partial charge is 0.496 e. The summed E-state index contributed by atoms with van der Waals surface area (Å²) in [5.41, 5.74) is 1.14. The first-order chi connectivity index (χ1) is 8.24. The van der Waals surface area contributed by atoms with Gasteiger partial charge in [0.15, 0.2) is 0 Å². The molecule has 1 N–H and O–H groups in total. The average molecular weight is 268 g/mol. The minimum absolute atomic E-state index is 0.270. The van der Waals surface area contributed by atoms with Crippen molar-refractivity contribution < 1.29 is 4.74 Å². The second-order valence-corrected chi connectivity index (χ2v) is 5.77. The van der Waals surface area contributed by atoms with Gasteiger partial charge in [0, 0.05) is 11.8 Å². The van der Waals surface area contributed by atoms with Crippen LogP contribution in [0.4, 0.5) is 0 Å².